The lowest BCUT2D eigenvalue weighted by Gasteiger charge is -2.07. The Bertz CT molecular complexity index is 624. The molecular weight excluding hydrogens is 264 g/mol. The predicted octanol–water partition coefficient (Wildman–Crippen LogP) is 2.03. The van der Waals surface area contributed by atoms with Gasteiger partial charge in [0.05, 0.1) is 0 Å². The van der Waals surface area contributed by atoms with Gasteiger partial charge in [-0.25, -0.2) is 0 Å². The van der Waals surface area contributed by atoms with Gasteiger partial charge in [0.2, 0.25) is 11.8 Å². The fourth-order valence-electron chi connectivity index (χ4n) is 2.11. The number of carbonyl (C=O) groups is 2. The maximum absolute atomic E-state index is 11.8. The van der Waals surface area contributed by atoms with E-state index >= 15 is 0 Å². The van der Waals surface area contributed by atoms with E-state index in [9.17, 15) is 9.59 Å². The molecule has 0 spiro atoms. The molecule has 2 aromatic carbocycles. The highest BCUT2D eigenvalue weighted by Crippen LogP contribution is 2.10. The molecule has 21 heavy (non-hydrogen) atoms. The first-order chi connectivity index (χ1) is 10.2. The first kappa shape index (κ1) is 14.8. The maximum atomic E-state index is 11.8. The molecule has 0 saturated carbocycles. The Morgan fingerprint density at radius 2 is 1.62 bits per heavy atom. The van der Waals surface area contributed by atoms with Gasteiger partial charge >= 0.3 is 0 Å². The van der Waals surface area contributed by atoms with E-state index in [1.807, 2.05) is 42.5 Å². The van der Waals surface area contributed by atoms with Crippen molar-refractivity contribution in [2.75, 3.05) is 0 Å². The number of nitrogens with one attached hydrogen (secondary N) is 1. The zero-order chi connectivity index (χ0) is 15.1. The molecule has 0 atom stereocenters. The molecule has 4 heteroatoms. The number of rotatable bonds is 6. The second kappa shape index (κ2) is 7.24. The lowest BCUT2D eigenvalue weighted by Crippen LogP contribution is -2.23. The molecule has 2 amide bonds. The number of nitrogens with two attached hydrogens (primary N) is 1. The predicted molar refractivity (Wildman–Crippen MR) is 81.6 cm³/mol. The standard InChI is InChI=1S/C17H18N2O2/c18-17(21)15-9-5-4-8-14(15)10-11-16(20)19-12-13-6-2-1-3-7-13/h1-9H,10-12H2,(H2,18,21)(H,19,20). The molecule has 0 aliphatic carbocycles. The van der Waals surface area contributed by atoms with Gasteiger partial charge in [-0.15, -0.1) is 0 Å². The van der Waals surface area contributed by atoms with Crippen LogP contribution in [0.4, 0.5) is 0 Å². The highest BCUT2D eigenvalue weighted by molar-refractivity contribution is 5.94. The van der Waals surface area contributed by atoms with Gasteiger partial charge < -0.3 is 11.1 Å². The van der Waals surface area contributed by atoms with Crippen molar-refractivity contribution in [2.45, 2.75) is 19.4 Å². The fraction of sp³-hybridized carbons (Fsp3) is 0.176. The van der Waals surface area contributed by atoms with Crippen molar-refractivity contribution in [1.82, 2.24) is 5.32 Å². The van der Waals surface area contributed by atoms with E-state index in [2.05, 4.69) is 5.32 Å². The summed E-state index contributed by atoms with van der Waals surface area (Å²) in [5, 5.41) is 2.86. The number of carbonyl (C=O) groups excluding carboxylic acids is 2. The average molecular weight is 282 g/mol. The zero-order valence-corrected chi connectivity index (χ0v) is 11.7. The second-order valence-corrected chi connectivity index (χ2v) is 4.78. The van der Waals surface area contributed by atoms with Gasteiger partial charge in [-0.05, 0) is 23.6 Å². The van der Waals surface area contributed by atoms with Gasteiger partial charge in [-0.3, -0.25) is 9.59 Å². The van der Waals surface area contributed by atoms with Crippen molar-refractivity contribution in [3.63, 3.8) is 0 Å². The summed E-state index contributed by atoms with van der Waals surface area (Å²) in [5.41, 5.74) is 7.66. The number of aryl methyl sites for hydroxylation is 1. The van der Waals surface area contributed by atoms with Crippen LogP contribution in [0.15, 0.2) is 54.6 Å². The van der Waals surface area contributed by atoms with Crippen LogP contribution in [0, 0.1) is 0 Å². The molecule has 3 N–H and O–H groups in total. The first-order valence-electron chi connectivity index (χ1n) is 6.85. The molecule has 0 fully saturated rings. The second-order valence-electron chi connectivity index (χ2n) is 4.78. The Kier molecular flexibility index (Phi) is 5.10. The Hall–Kier alpha value is -2.62. The average Bonchev–Trinajstić information content (AvgIpc) is 2.52. The SMILES string of the molecule is NC(=O)c1ccccc1CCC(=O)NCc1ccccc1. The zero-order valence-electron chi connectivity index (χ0n) is 11.7. The van der Waals surface area contributed by atoms with Crippen LogP contribution >= 0.6 is 0 Å². The van der Waals surface area contributed by atoms with Crippen molar-refractivity contribution >= 4 is 11.8 Å². The van der Waals surface area contributed by atoms with Crippen molar-refractivity contribution in [3.05, 3.63) is 71.3 Å². The van der Waals surface area contributed by atoms with Crippen LogP contribution in [0.1, 0.15) is 27.9 Å². The Labute approximate surface area is 124 Å². The van der Waals surface area contributed by atoms with Gasteiger partial charge in [-0.1, -0.05) is 48.5 Å². The summed E-state index contributed by atoms with van der Waals surface area (Å²) in [7, 11) is 0. The van der Waals surface area contributed by atoms with Crippen LogP contribution in [0.3, 0.4) is 0 Å². The maximum Gasteiger partial charge on any atom is 0.248 e. The Balaban J connectivity index is 1.86. The monoisotopic (exact) mass is 282 g/mol. The molecule has 0 radical (unpaired) electrons. The van der Waals surface area contributed by atoms with Crippen molar-refractivity contribution in [1.29, 1.82) is 0 Å². The lowest BCUT2D eigenvalue weighted by molar-refractivity contribution is -0.121. The van der Waals surface area contributed by atoms with Gasteiger partial charge in [0.15, 0.2) is 0 Å². The summed E-state index contributed by atoms with van der Waals surface area (Å²) < 4.78 is 0. The van der Waals surface area contributed by atoms with Crippen LogP contribution in [0.2, 0.25) is 0 Å². The van der Waals surface area contributed by atoms with E-state index in [-0.39, 0.29) is 5.91 Å². The van der Waals surface area contributed by atoms with Gasteiger partial charge in [0.1, 0.15) is 0 Å². The lowest BCUT2D eigenvalue weighted by atomic mass is 10.0. The molecule has 2 aromatic rings. The Morgan fingerprint density at radius 3 is 2.33 bits per heavy atom. The van der Waals surface area contributed by atoms with Crippen molar-refractivity contribution < 1.29 is 9.59 Å². The number of hydrogen-bond acceptors (Lipinski definition) is 2. The van der Waals surface area contributed by atoms with Crippen molar-refractivity contribution in [3.8, 4) is 0 Å². The molecule has 0 saturated heterocycles. The molecule has 4 nitrogen and oxygen atoms in total. The van der Waals surface area contributed by atoms with E-state index in [4.69, 9.17) is 5.73 Å². The van der Waals surface area contributed by atoms with Crippen LogP contribution in [-0.4, -0.2) is 11.8 Å². The third-order valence-corrected chi connectivity index (χ3v) is 3.24. The van der Waals surface area contributed by atoms with E-state index in [1.54, 1.807) is 12.1 Å². The number of amides is 2. The smallest absolute Gasteiger partial charge is 0.248 e. The van der Waals surface area contributed by atoms with Crippen LogP contribution in [-0.2, 0) is 17.8 Å². The molecule has 0 bridgehead atoms. The fourth-order valence-corrected chi connectivity index (χ4v) is 2.11. The highest BCUT2D eigenvalue weighted by Gasteiger charge is 2.09. The van der Waals surface area contributed by atoms with Gasteiger partial charge in [0, 0.05) is 18.5 Å². The molecule has 0 heterocycles. The van der Waals surface area contributed by atoms with E-state index in [1.165, 1.54) is 0 Å². The number of primary amides is 1. The van der Waals surface area contributed by atoms with Crippen molar-refractivity contribution in [2.24, 2.45) is 5.73 Å². The van der Waals surface area contributed by atoms with E-state index < -0.39 is 5.91 Å². The van der Waals surface area contributed by atoms with Crippen LogP contribution in [0.25, 0.3) is 0 Å². The van der Waals surface area contributed by atoms with E-state index in [0.29, 0.717) is 24.9 Å². The summed E-state index contributed by atoms with van der Waals surface area (Å²) in [5.74, 6) is -0.506. The van der Waals surface area contributed by atoms with E-state index in [0.717, 1.165) is 11.1 Å². The molecule has 108 valence electrons. The minimum Gasteiger partial charge on any atom is -0.366 e. The third kappa shape index (κ3) is 4.45. The van der Waals surface area contributed by atoms with Crippen LogP contribution < -0.4 is 11.1 Å². The van der Waals surface area contributed by atoms with Gasteiger partial charge in [0.25, 0.3) is 0 Å². The molecular formula is C17H18N2O2. The minimum absolute atomic E-state index is 0.0434. The molecule has 0 aliphatic heterocycles. The third-order valence-electron chi connectivity index (χ3n) is 3.24. The molecule has 0 aliphatic rings. The summed E-state index contributed by atoms with van der Waals surface area (Å²) >= 11 is 0. The summed E-state index contributed by atoms with van der Waals surface area (Å²) in [6.07, 6.45) is 0.830. The topological polar surface area (TPSA) is 72.2 Å². The normalized spacial score (nSPS) is 10.1. The summed E-state index contributed by atoms with van der Waals surface area (Å²) in [6.45, 7) is 0.511. The highest BCUT2D eigenvalue weighted by atomic mass is 16.1. The summed E-state index contributed by atoms with van der Waals surface area (Å²) in [4.78, 5) is 23.1. The Morgan fingerprint density at radius 1 is 0.952 bits per heavy atom. The quantitative estimate of drug-likeness (QED) is 0.851. The molecule has 2 rings (SSSR count). The summed E-state index contributed by atoms with van der Waals surface area (Å²) in [6, 6.07) is 16.8. The van der Waals surface area contributed by atoms with Crippen LogP contribution in [0.5, 0.6) is 0 Å². The number of benzene rings is 2. The first-order valence-corrected chi connectivity index (χ1v) is 6.85. The minimum atomic E-state index is -0.463. The molecule has 0 unspecified atom stereocenters. The number of hydrogen-bond donors (Lipinski definition) is 2. The van der Waals surface area contributed by atoms with Gasteiger partial charge in [-0.2, -0.15) is 0 Å². The largest absolute Gasteiger partial charge is 0.366 e. The molecule has 0 aromatic heterocycles.